The van der Waals surface area contributed by atoms with Crippen LogP contribution in [0.1, 0.15) is 20.8 Å². The molecule has 0 atom stereocenters. The van der Waals surface area contributed by atoms with Crippen molar-refractivity contribution in [1.82, 2.24) is 9.55 Å². The number of nitrogens with zero attached hydrogens (tertiary/aromatic N) is 2. The van der Waals surface area contributed by atoms with E-state index < -0.39 is 0 Å². The Hall–Kier alpha value is -1.75. The Morgan fingerprint density at radius 1 is 1.35 bits per heavy atom. The lowest BCUT2D eigenvalue weighted by Gasteiger charge is -2.09. The molecule has 0 saturated heterocycles. The standard InChI is InChI=1S/C15H23N3O2/c1-4-20-13-7-5-6-12-14(13)17-15(16)18(12)8-9-19-10-11(2)3/h5-7,11H,4,8-10H2,1-3H3,(H2,16,17). The van der Waals surface area contributed by atoms with Crippen LogP contribution in [0, 0.1) is 5.92 Å². The number of imidazole rings is 1. The number of hydrogen-bond acceptors (Lipinski definition) is 4. The molecule has 1 aromatic heterocycles. The van der Waals surface area contributed by atoms with E-state index in [0.717, 1.165) is 23.4 Å². The molecule has 0 unspecified atom stereocenters. The molecule has 0 spiro atoms. The molecule has 2 aromatic rings. The van der Waals surface area contributed by atoms with E-state index in [-0.39, 0.29) is 0 Å². The number of ether oxygens (including phenoxy) is 2. The molecule has 2 N–H and O–H groups in total. The van der Waals surface area contributed by atoms with Crippen LogP contribution >= 0.6 is 0 Å². The highest BCUT2D eigenvalue weighted by Gasteiger charge is 2.12. The predicted molar refractivity (Wildman–Crippen MR) is 81.0 cm³/mol. The van der Waals surface area contributed by atoms with E-state index in [1.807, 2.05) is 29.7 Å². The maximum atomic E-state index is 6.00. The molecular formula is C15H23N3O2. The van der Waals surface area contributed by atoms with Crippen LogP contribution in [0.3, 0.4) is 0 Å². The maximum Gasteiger partial charge on any atom is 0.201 e. The number of para-hydroxylation sites is 1. The second-order valence-electron chi connectivity index (χ2n) is 5.15. The van der Waals surface area contributed by atoms with Crippen LogP contribution in [-0.4, -0.2) is 29.4 Å². The van der Waals surface area contributed by atoms with Gasteiger partial charge in [0, 0.05) is 13.2 Å². The Labute approximate surface area is 119 Å². The number of fused-ring (bicyclic) bond motifs is 1. The van der Waals surface area contributed by atoms with E-state index in [0.29, 0.717) is 31.6 Å². The molecule has 20 heavy (non-hydrogen) atoms. The Kier molecular flexibility index (Phi) is 4.84. The van der Waals surface area contributed by atoms with Crippen LogP contribution in [0.5, 0.6) is 5.75 Å². The normalized spacial score (nSPS) is 11.4. The lowest BCUT2D eigenvalue weighted by molar-refractivity contribution is 0.104. The zero-order chi connectivity index (χ0) is 14.5. The molecule has 0 aliphatic heterocycles. The van der Waals surface area contributed by atoms with Gasteiger partial charge in [0.05, 0.1) is 18.7 Å². The van der Waals surface area contributed by atoms with E-state index >= 15 is 0 Å². The summed E-state index contributed by atoms with van der Waals surface area (Å²) in [4.78, 5) is 4.41. The van der Waals surface area contributed by atoms with Crippen molar-refractivity contribution in [1.29, 1.82) is 0 Å². The molecule has 0 aliphatic carbocycles. The third-order valence-corrected chi connectivity index (χ3v) is 2.98. The molecule has 0 bridgehead atoms. The second kappa shape index (κ2) is 6.61. The van der Waals surface area contributed by atoms with E-state index in [2.05, 4.69) is 18.8 Å². The molecule has 1 aromatic carbocycles. The Balaban J connectivity index is 2.16. The SMILES string of the molecule is CCOc1cccc2c1nc(N)n2CCOCC(C)C. The summed E-state index contributed by atoms with van der Waals surface area (Å²) >= 11 is 0. The first-order chi connectivity index (χ1) is 9.63. The van der Waals surface area contributed by atoms with Crippen LogP contribution in [0.15, 0.2) is 18.2 Å². The Bertz CT molecular complexity index is 563. The number of aromatic nitrogens is 2. The van der Waals surface area contributed by atoms with Gasteiger partial charge in [0.1, 0.15) is 11.3 Å². The fourth-order valence-electron chi connectivity index (χ4n) is 2.12. The molecule has 2 rings (SSSR count). The summed E-state index contributed by atoms with van der Waals surface area (Å²) < 4.78 is 13.2. The van der Waals surface area contributed by atoms with Crippen molar-refractivity contribution >= 4 is 17.0 Å². The van der Waals surface area contributed by atoms with Crippen molar-refractivity contribution in [2.75, 3.05) is 25.6 Å². The molecule has 5 nitrogen and oxygen atoms in total. The largest absolute Gasteiger partial charge is 0.492 e. The smallest absolute Gasteiger partial charge is 0.201 e. The van der Waals surface area contributed by atoms with Crippen LogP contribution < -0.4 is 10.5 Å². The van der Waals surface area contributed by atoms with Crippen LogP contribution in [-0.2, 0) is 11.3 Å². The fourth-order valence-corrected chi connectivity index (χ4v) is 2.12. The first kappa shape index (κ1) is 14.7. The first-order valence-electron chi connectivity index (χ1n) is 7.08. The first-order valence-corrected chi connectivity index (χ1v) is 7.08. The highest BCUT2D eigenvalue weighted by atomic mass is 16.5. The molecule has 0 saturated carbocycles. The summed E-state index contributed by atoms with van der Waals surface area (Å²) in [7, 11) is 0. The van der Waals surface area contributed by atoms with Gasteiger partial charge in [0.2, 0.25) is 5.95 Å². The summed E-state index contributed by atoms with van der Waals surface area (Å²) in [5, 5.41) is 0. The second-order valence-corrected chi connectivity index (χ2v) is 5.15. The zero-order valence-corrected chi connectivity index (χ0v) is 12.4. The number of nitrogen functional groups attached to an aromatic ring is 1. The van der Waals surface area contributed by atoms with Gasteiger partial charge in [-0.1, -0.05) is 19.9 Å². The highest BCUT2D eigenvalue weighted by Crippen LogP contribution is 2.26. The van der Waals surface area contributed by atoms with Crippen molar-refractivity contribution in [3.63, 3.8) is 0 Å². The molecule has 110 valence electrons. The average molecular weight is 277 g/mol. The minimum atomic E-state index is 0.500. The molecule has 0 aliphatic rings. The molecule has 0 fully saturated rings. The molecule has 5 heteroatoms. The number of benzene rings is 1. The minimum absolute atomic E-state index is 0.500. The Morgan fingerprint density at radius 2 is 2.15 bits per heavy atom. The van der Waals surface area contributed by atoms with Gasteiger partial charge in [-0.25, -0.2) is 4.98 Å². The molecule has 1 heterocycles. The van der Waals surface area contributed by atoms with Gasteiger partial charge in [-0.15, -0.1) is 0 Å². The molecule has 0 radical (unpaired) electrons. The molecular weight excluding hydrogens is 254 g/mol. The van der Waals surface area contributed by atoms with Crippen LogP contribution in [0.2, 0.25) is 0 Å². The number of rotatable bonds is 7. The number of nitrogens with two attached hydrogens (primary N) is 1. The van der Waals surface area contributed by atoms with Crippen LogP contribution in [0.4, 0.5) is 5.95 Å². The van der Waals surface area contributed by atoms with Gasteiger partial charge < -0.3 is 19.8 Å². The lowest BCUT2D eigenvalue weighted by atomic mass is 10.2. The Morgan fingerprint density at radius 3 is 2.85 bits per heavy atom. The van der Waals surface area contributed by atoms with Crippen molar-refractivity contribution in [2.45, 2.75) is 27.3 Å². The summed E-state index contributed by atoms with van der Waals surface area (Å²) in [6.07, 6.45) is 0. The van der Waals surface area contributed by atoms with E-state index in [4.69, 9.17) is 15.2 Å². The topological polar surface area (TPSA) is 62.3 Å². The van der Waals surface area contributed by atoms with E-state index in [9.17, 15) is 0 Å². The summed E-state index contributed by atoms with van der Waals surface area (Å²) in [5.41, 5.74) is 7.80. The zero-order valence-electron chi connectivity index (χ0n) is 12.4. The molecule has 0 amide bonds. The lowest BCUT2D eigenvalue weighted by Crippen LogP contribution is -2.11. The van der Waals surface area contributed by atoms with Gasteiger partial charge in [0.15, 0.2) is 0 Å². The monoisotopic (exact) mass is 277 g/mol. The predicted octanol–water partition coefficient (Wildman–Crippen LogP) is 2.69. The van der Waals surface area contributed by atoms with Crippen molar-refractivity contribution in [3.05, 3.63) is 18.2 Å². The van der Waals surface area contributed by atoms with Gasteiger partial charge >= 0.3 is 0 Å². The highest BCUT2D eigenvalue weighted by molar-refractivity contribution is 5.84. The van der Waals surface area contributed by atoms with E-state index in [1.54, 1.807) is 0 Å². The average Bonchev–Trinajstić information content (AvgIpc) is 2.72. The quantitative estimate of drug-likeness (QED) is 0.790. The summed E-state index contributed by atoms with van der Waals surface area (Å²) in [5.74, 6) is 1.82. The minimum Gasteiger partial charge on any atom is -0.492 e. The summed E-state index contributed by atoms with van der Waals surface area (Å²) in [6, 6.07) is 5.88. The van der Waals surface area contributed by atoms with Crippen molar-refractivity contribution < 1.29 is 9.47 Å². The summed E-state index contributed by atoms with van der Waals surface area (Å²) in [6.45, 7) is 8.93. The van der Waals surface area contributed by atoms with Gasteiger partial charge in [-0.2, -0.15) is 0 Å². The number of anilines is 1. The third-order valence-electron chi connectivity index (χ3n) is 2.98. The third kappa shape index (κ3) is 3.22. The van der Waals surface area contributed by atoms with E-state index in [1.165, 1.54) is 0 Å². The van der Waals surface area contributed by atoms with Crippen molar-refractivity contribution in [2.24, 2.45) is 5.92 Å². The van der Waals surface area contributed by atoms with Crippen LogP contribution in [0.25, 0.3) is 11.0 Å². The van der Waals surface area contributed by atoms with Gasteiger partial charge in [-0.05, 0) is 25.0 Å². The van der Waals surface area contributed by atoms with Gasteiger partial charge in [0.25, 0.3) is 0 Å². The number of hydrogen-bond donors (Lipinski definition) is 1. The fraction of sp³-hybridized carbons (Fsp3) is 0.533. The van der Waals surface area contributed by atoms with Crippen molar-refractivity contribution in [3.8, 4) is 5.75 Å². The maximum absolute atomic E-state index is 6.00. The van der Waals surface area contributed by atoms with Gasteiger partial charge in [-0.3, -0.25) is 0 Å².